The van der Waals surface area contributed by atoms with Crippen molar-refractivity contribution in [2.45, 2.75) is 26.8 Å². The number of nitrogens with zero attached hydrogens (tertiary/aromatic N) is 1. The summed E-state index contributed by atoms with van der Waals surface area (Å²) in [5, 5.41) is 10.9. The van der Waals surface area contributed by atoms with Crippen LogP contribution >= 0.6 is 46.4 Å². The van der Waals surface area contributed by atoms with Crippen LogP contribution in [0.1, 0.15) is 37.9 Å². The number of esters is 1. The molecule has 0 fully saturated rings. The van der Waals surface area contributed by atoms with Gasteiger partial charge in [0.25, 0.3) is 5.91 Å². The second-order valence-corrected chi connectivity index (χ2v) is 9.66. The van der Waals surface area contributed by atoms with Crippen LogP contribution in [0.4, 0.5) is 0 Å². The summed E-state index contributed by atoms with van der Waals surface area (Å²) in [7, 11) is 0. The van der Waals surface area contributed by atoms with E-state index in [9.17, 15) is 9.59 Å². The summed E-state index contributed by atoms with van der Waals surface area (Å²) in [6.45, 7) is 5.75. The number of rotatable bonds is 10. The maximum Gasteiger partial charge on any atom is 0.338 e. The molecule has 1 aliphatic rings. The van der Waals surface area contributed by atoms with E-state index in [1.165, 1.54) is 6.21 Å². The van der Waals surface area contributed by atoms with Crippen LogP contribution in [-0.4, -0.2) is 43.0 Å². The SMILES string of the molecule is CCOC(=O)C1=C(C)NC(=S)N[C@@H]1c1ccccc1OCC(=O)NN=Cc1cc(Cl)cc(I)c1OCC. The average molecular weight is 657 g/mol. The van der Waals surface area contributed by atoms with Gasteiger partial charge in [0.15, 0.2) is 11.7 Å². The molecule has 1 atom stereocenters. The van der Waals surface area contributed by atoms with E-state index in [1.54, 1.807) is 50.2 Å². The number of amides is 1. The number of para-hydroxylation sites is 1. The Kier molecular flexibility index (Phi) is 10.5. The lowest BCUT2D eigenvalue weighted by atomic mass is 9.95. The van der Waals surface area contributed by atoms with E-state index in [-0.39, 0.29) is 13.2 Å². The Morgan fingerprint density at radius 3 is 2.70 bits per heavy atom. The standard InChI is InChI=1S/C25H26ClIN4O5S/c1-4-34-23-15(10-16(26)11-18(23)27)12-28-31-20(32)13-36-19-9-7-6-8-17(19)22-21(24(33)35-5-2)14(3)29-25(37)30-22/h6-12,22H,4-5,13H2,1-3H3,(H,31,32)(H2,29,30,37)/t22-/m1/s1. The molecule has 0 aliphatic carbocycles. The van der Waals surface area contributed by atoms with Crippen LogP contribution < -0.4 is 25.5 Å². The highest BCUT2D eigenvalue weighted by Crippen LogP contribution is 2.33. The first-order chi connectivity index (χ1) is 17.7. The second-order valence-electron chi connectivity index (χ2n) is 7.65. The lowest BCUT2D eigenvalue weighted by Crippen LogP contribution is -2.45. The minimum absolute atomic E-state index is 0.228. The molecule has 37 heavy (non-hydrogen) atoms. The van der Waals surface area contributed by atoms with Gasteiger partial charge in [-0.2, -0.15) is 5.10 Å². The number of ether oxygens (including phenoxy) is 3. The molecule has 2 aromatic carbocycles. The van der Waals surface area contributed by atoms with Crippen molar-refractivity contribution in [2.75, 3.05) is 19.8 Å². The number of benzene rings is 2. The van der Waals surface area contributed by atoms with Gasteiger partial charge in [-0.05, 0) is 73.8 Å². The normalized spacial score (nSPS) is 15.2. The summed E-state index contributed by atoms with van der Waals surface area (Å²) in [5.74, 6) is 0.0774. The lowest BCUT2D eigenvalue weighted by molar-refractivity contribution is -0.139. The van der Waals surface area contributed by atoms with E-state index < -0.39 is 17.9 Å². The quantitative estimate of drug-likeness (QED) is 0.115. The van der Waals surface area contributed by atoms with Gasteiger partial charge in [-0.15, -0.1) is 0 Å². The highest BCUT2D eigenvalue weighted by molar-refractivity contribution is 14.1. The summed E-state index contributed by atoms with van der Waals surface area (Å²) in [6, 6.07) is 9.93. The minimum Gasteiger partial charge on any atom is -0.492 e. The maximum absolute atomic E-state index is 12.7. The maximum atomic E-state index is 12.7. The van der Waals surface area contributed by atoms with Crippen molar-refractivity contribution in [1.29, 1.82) is 0 Å². The van der Waals surface area contributed by atoms with Crippen LogP contribution in [0.2, 0.25) is 5.02 Å². The molecule has 9 nitrogen and oxygen atoms in total. The number of nitrogens with one attached hydrogen (secondary N) is 3. The van der Waals surface area contributed by atoms with Gasteiger partial charge in [-0.1, -0.05) is 29.8 Å². The zero-order valence-corrected chi connectivity index (χ0v) is 24.1. The van der Waals surface area contributed by atoms with Crippen molar-refractivity contribution in [1.82, 2.24) is 16.1 Å². The van der Waals surface area contributed by atoms with Crippen LogP contribution in [0.25, 0.3) is 0 Å². The molecule has 0 spiro atoms. The first kappa shape index (κ1) is 28.7. The number of halogens is 2. The van der Waals surface area contributed by atoms with Gasteiger partial charge in [0.1, 0.15) is 11.5 Å². The Morgan fingerprint density at radius 1 is 1.22 bits per heavy atom. The highest BCUT2D eigenvalue weighted by atomic mass is 127. The van der Waals surface area contributed by atoms with E-state index in [0.29, 0.717) is 50.6 Å². The van der Waals surface area contributed by atoms with E-state index in [1.807, 2.05) is 6.92 Å². The van der Waals surface area contributed by atoms with E-state index >= 15 is 0 Å². The fourth-order valence-electron chi connectivity index (χ4n) is 3.58. The zero-order chi connectivity index (χ0) is 26.9. The molecule has 0 saturated carbocycles. The average Bonchev–Trinajstić information content (AvgIpc) is 2.84. The molecule has 2 aromatic rings. The van der Waals surface area contributed by atoms with Gasteiger partial charge in [-0.25, -0.2) is 10.2 Å². The molecule has 1 heterocycles. The van der Waals surface area contributed by atoms with Gasteiger partial charge in [0, 0.05) is 21.8 Å². The first-order valence-electron chi connectivity index (χ1n) is 11.4. The number of allylic oxidation sites excluding steroid dienone is 1. The number of thiocarbonyl (C=S) groups is 1. The largest absolute Gasteiger partial charge is 0.492 e. The monoisotopic (exact) mass is 656 g/mol. The van der Waals surface area contributed by atoms with Gasteiger partial charge >= 0.3 is 5.97 Å². The molecule has 3 N–H and O–H groups in total. The van der Waals surface area contributed by atoms with E-state index in [2.05, 4.69) is 43.8 Å². The predicted molar refractivity (Wildman–Crippen MR) is 154 cm³/mol. The van der Waals surface area contributed by atoms with Gasteiger partial charge in [-0.3, -0.25) is 4.79 Å². The summed E-state index contributed by atoms with van der Waals surface area (Å²) in [4.78, 5) is 25.1. The highest BCUT2D eigenvalue weighted by Gasteiger charge is 2.32. The molecule has 1 aliphatic heterocycles. The van der Waals surface area contributed by atoms with Crippen molar-refractivity contribution in [2.24, 2.45) is 5.10 Å². The Morgan fingerprint density at radius 2 is 1.97 bits per heavy atom. The number of hydrazone groups is 1. The molecule has 1 amide bonds. The topological polar surface area (TPSA) is 110 Å². The Labute approximate surface area is 239 Å². The number of carbonyl (C=O) groups excluding carboxylic acids is 2. The molecular weight excluding hydrogens is 631 g/mol. The van der Waals surface area contributed by atoms with Crippen molar-refractivity contribution >= 4 is 69.6 Å². The molecule has 0 bridgehead atoms. The summed E-state index contributed by atoms with van der Waals surface area (Å²) in [5.41, 5.74) is 4.65. The Hall–Kier alpha value is -2.90. The van der Waals surface area contributed by atoms with Crippen molar-refractivity contribution in [3.63, 3.8) is 0 Å². The fourth-order valence-corrected chi connectivity index (χ4v) is 5.06. The fraction of sp³-hybridized carbons (Fsp3) is 0.280. The molecule has 196 valence electrons. The smallest absolute Gasteiger partial charge is 0.338 e. The summed E-state index contributed by atoms with van der Waals surface area (Å²) < 4.78 is 17.5. The van der Waals surface area contributed by atoms with Gasteiger partial charge in [0.2, 0.25) is 0 Å². The Bertz CT molecular complexity index is 1250. The number of carbonyl (C=O) groups is 2. The van der Waals surface area contributed by atoms with Gasteiger partial charge in [0.05, 0.1) is 34.6 Å². The molecule has 0 unspecified atom stereocenters. The predicted octanol–water partition coefficient (Wildman–Crippen LogP) is 4.23. The lowest BCUT2D eigenvalue weighted by Gasteiger charge is -2.30. The van der Waals surface area contributed by atoms with Crippen LogP contribution in [0, 0.1) is 3.57 Å². The third-order valence-electron chi connectivity index (χ3n) is 5.07. The third kappa shape index (κ3) is 7.55. The van der Waals surface area contributed by atoms with Crippen molar-refractivity contribution < 1.29 is 23.8 Å². The number of hydrogen-bond acceptors (Lipinski definition) is 7. The van der Waals surface area contributed by atoms with E-state index in [0.717, 1.165) is 3.57 Å². The van der Waals surface area contributed by atoms with Crippen molar-refractivity contribution in [3.8, 4) is 11.5 Å². The Balaban J connectivity index is 1.73. The minimum atomic E-state index is -0.618. The molecular formula is C25H26ClIN4O5S. The number of hydrogen-bond donors (Lipinski definition) is 3. The van der Waals surface area contributed by atoms with Crippen molar-refractivity contribution in [3.05, 3.63) is 67.4 Å². The first-order valence-corrected chi connectivity index (χ1v) is 13.2. The van der Waals surface area contributed by atoms with Crippen LogP contribution in [0.15, 0.2) is 52.8 Å². The van der Waals surface area contributed by atoms with Gasteiger partial charge < -0.3 is 24.8 Å². The molecule has 12 heteroatoms. The molecule has 0 radical (unpaired) electrons. The zero-order valence-electron chi connectivity index (χ0n) is 20.4. The summed E-state index contributed by atoms with van der Waals surface area (Å²) >= 11 is 13.6. The van der Waals surface area contributed by atoms with Crippen LogP contribution in [-0.2, 0) is 14.3 Å². The molecule has 3 rings (SSSR count). The second kappa shape index (κ2) is 13.6. The van der Waals surface area contributed by atoms with Crippen LogP contribution in [0.5, 0.6) is 11.5 Å². The van der Waals surface area contributed by atoms with E-state index in [4.69, 9.17) is 38.0 Å². The molecule has 0 saturated heterocycles. The third-order valence-corrected chi connectivity index (χ3v) is 6.31. The molecule has 0 aromatic heterocycles. The summed E-state index contributed by atoms with van der Waals surface area (Å²) in [6.07, 6.45) is 1.46. The van der Waals surface area contributed by atoms with Crippen LogP contribution in [0.3, 0.4) is 0 Å².